The van der Waals surface area contributed by atoms with Crippen molar-refractivity contribution in [3.05, 3.63) is 17.5 Å². The van der Waals surface area contributed by atoms with Gasteiger partial charge < -0.3 is 15.3 Å². The molecule has 0 spiro atoms. The number of aromatic nitrogens is 2. The molecule has 1 aliphatic carbocycles. The van der Waals surface area contributed by atoms with E-state index in [1.54, 1.807) is 11.9 Å². The fourth-order valence-electron chi connectivity index (χ4n) is 3.28. The lowest BCUT2D eigenvalue weighted by atomic mass is 10.1. The molecule has 6 nitrogen and oxygen atoms in total. The number of carbonyl (C=O) groups is 1. The molecule has 2 amide bonds. The SMILES string of the molecule is Cc1nn(C(C)(C)C)cc1[C@H](C)NC(=O)N(C)C[C@H]1CCC[C@@H]1O. The monoisotopic (exact) mass is 336 g/mol. The van der Waals surface area contributed by atoms with Gasteiger partial charge in [0, 0.05) is 31.3 Å². The summed E-state index contributed by atoms with van der Waals surface area (Å²) in [6, 6.07) is -0.214. The number of amides is 2. The van der Waals surface area contributed by atoms with Crippen LogP contribution in [0.1, 0.15) is 64.3 Å². The lowest BCUT2D eigenvalue weighted by Crippen LogP contribution is -2.42. The van der Waals surface area contributed by atoms with E-state index in [1.807, 2.05) is 24.7 Å². The molecule has 1 saturated carbocycles. The van der Waals surface area contributed by atoms with Gasteiger partial charge in [-0.2, -0.15) is 5.10 Å². The molecule has 0 aliphatic heterocycles. The predicted octanol–water partition coefficient (Wildman–Crippen LogP) is 2.81. The normalized spacial score (nSPS) is 22.5. The Morgan fingerprint density at radius 2 is 2.17 bits per heavy atom. The summed E-state index contributed by atoms with van der Waals surface area (Å²) >= 11 is 0. The van der Waals surface area contributed by atoms with Gasteiger partial charge in [0.1, 0.15) is 0 Å². The number of hydrogen-bond donors (Lipinski definition) is 2. The molecule has 1 heterocycles. The van der Waals surface area contributed by atoms with Crippen molar-refractivity contribution in [1.82, 2.24) is 20.0 Å². The Labute approximate surface area is 145 Å². The summed E-state index contributed by atoms with van der Waals surface area (Å²) < 4.78 is 1.94. The lowest BCUT2D eigenvalue weighted by Gasteiger charge is -2.25. The quantitative estimate of drug-likeness (QED) is 0.888. The Morgan fingerprint density at radius 1 is 1.50 bits per heavy atom. The van der Waals surface area contributed by atoms with Gasteiger partial charge in [0.15, 0.2) is 0 Å². The molecule has 1 aliphatic rings. The van der Waals surface area contributed by atoms with E-state index >= 15 is 0 Å². The minimum absolute atomic E-state index is 0.0812. The molecule has 0 saturated heterocycles. The van der Waals surface area contributed by atoms with Crippen LogP contribution in [0, 0.1) is 12.8 Å². The van der Waals surface area contributed by atoms with Gasteiger partial charge >= 0.3 is 6.03 Å². The molecule has 136 valence electrons. The molecule has 2 rings (SSSR count). The van der Waals surface area contributed by atoms with Crippen LogP contribution in [0.2, 0.25) is 0 Å². The van der Waals surface area contributed by atoms with Crippen LogP contribution < -0.4 is 5.32 Å². The maximum atomic E-state index is 12.4. The Hall–Kier alpha value is -1.56. The average Bonchev–Trinajstić information content (AvgIpc) is 3.05. The summed E-state index contributed by atoms with van der Waals surface area (Å²) in [5.41, 5.74) is 1.89. The minimum atomic E-state index is -0.273. The van der Waals surface area contributed by atoms with Crippen LogP contribution in [0.3, 0.4) is 0 Å². The molecule has 3 atom stereocenters. The van der Waals surface area contributed by atoms with E-state index in [0.717, 1.165) is 30.5 Å². The van der Waals surface area contributed by atoms with Crippen LogP contribution in [-0.2, 0) is 5.54 Å². The van der Waals surface area contributed by atoms with Gasteiger partial charge in [-0.25, -0.2) is 4.79 Å². The average molecular weight is 336 g/mol. The highest BCUT2D eigenvalue weighted by Crippen LogP contribution is 2.26. The van der Waals surface area contributed by atoms with Crippen LogP contribution in [0.15, 0.2) is 6.20 Å². The van der Waals surface area contributed by atoms with Gasteiger partial charge in [-0.15, -0.1) is 0 Å². The van der Waals surface area contributed by atoms with Crippen molar-refractivity contribution < 1.29 is 9.90 Å². The summed E-state index contributed by atoms with van der Waals surface area (Å²) in [6.45, 7) is 10.9. The highest BCUT2D eigenvalue weighted by molar-refractivity contribution is 5.74. The second kappa shape index (κ2) is 7.13. The number of urea groups is 1. The van der Waals surface area contributed by atoms with Crippen molar-refractivity contribution in [3.63, 3.8) is 0 Å². The van der Waals surface area contributed by atoms with Crippen LogP contribution >= 0.6 is 0 Å². The molecule has 1 aromatic rings. The third-order valence-corrected chi connectivity index (χ3v) is 4.90. The highest BCUT2D eigenvalue weighted by atomic mass is 16.3. The Kier molecular flexibility index (Phi) is 5.58. The summed E-state index contributed by atoms with van der Waals surface area (Å²) in [4.78, 5) is 14.1. The molecule has 0 aromatic carbocycles. The fraction of sp³-hybridized carbons (Fsp3) is 0.778. The first-order valence-corrected chi connectivity index (χ1v) is 8.86. The smallest absolute Gasteiger partial charge is 0.317 e. The third-order valence-electron chi connectivity index (χ3n) is 4.90. The van der Waals surface area contributed by atoms with E-state index in [2.05, 4.69) is 31.2 Å². The largest absolute Gasteiger partial charge is 0.393 e. The van der Waals surface area contributed by atoms with Gasteiger partial charge in [-0.1, -0.05) is 6.42 Å². The van der Waals surface area contributed by atoms with E-state index in [1.165, 1.54) is 0 Å². The maximum absolute atomic E-state index is 12.4. The molecule has 24 heavy (non-hydrogen) atoms. The second-order valence-electron chi connectivity index (χ2n) is 8.10. The number of hydrogen-bond acceptors (Lipinski definition) is 3. The molecule has 6 heteroatoms. The van der Waals surface area contributed by atoms with Crippen molar-refractivity contribution >= 4 is 6.03 Å². The number of aliphatic hydroxyl groups excluding tert-OH is 1. The number of nitrogens with one attached hydrogen (secondary N) is 1. The highest BCUT2D eigenvalue weighted by Gasteiger charge is 2.28. The summed E-state index contributed by atoms with van der Waals surface area (Å²) in [5, 5.41) is 17.5. The zero-order chi connectivity index (χ0) is 18.1. The standard InChI is InChI=1S/C18H32N4O2/c1-12(15-11-22(18(3,4)5)20-13(15)2)19-17(24)21(6)10-14-8-7-9-16(14)23/h11-12,14,16,23H,7-10H2,1-6H3,(H,19,24)/t12-,14+,16-/m0/s1. The first-order valence-electron chi connectivity index (χ1n) is 8.86. The Bertz CT molecular complexity index is 576. The third kappa shape index (κ3) is 4.29. The number of aryl methyl sites for hydroxylation is 1. The first kappa shape index (κ1) is 18.8. The van der Waals surface area contributed by atoms with E-state index in [4.69, 9.17) is 0 Å². The van der Waals surface area contributed by atoms with Gasteiger partial charge in [-0.05, 0) is 47.5 Å². The molecule has 2 N–H and O–H groups in total. The maximum Gasteiger partial charge on any atom is 0.317 e. The van der Waals surface area contributed by atoms with E-state index in [-0.39, 0.29) is 29.6 Å². The first-order chi connectivity index (χ1) is 11.1. The van der Waals surface area contributed by atoms with E-state index in [0.29, 0.717) is 6.54 Å². The van der Waals surface area contributed by atoms with Crippen LogP contribution in [0.25, 0.3) is 0 Å². The number of carbonyl (C=O) groups excluding carboxylic acids is 1. The molecule has 0 radical (unpaired) electrons. The molecular formula is C18H32N4O2. The van der Waals surface area contributed by atoms with Crippen molar-refractivity contribution in [3.8, 4) is 0 Å². The summed E-state index contributed by atoms with van der Waals surface area (Å²) in [5.74, 6) is 0.196. The molecule has 1 aromatic heterocycles. The van der Waals surface area contributed by atoms with E-state index in [9.17, 15) is 9.90 Å². The topological polar surface area (TPSA) is 70.4 Å². The zero-order valence-corrected chi connectivity index (χ0v) is 15.8. The molecule has 0 unspecified atom stereocenters. The van der Waals surface area contributed by atoms with Crippen molar-refractivity contribution in [2.24, 2.45) is 5.92 Å². The molecule has 0 bridgehead atoms. The van der Waals surface area contributed by atoms with Crippen molar-refractivity contribution in [2.45, 2.75) is 71.6 Å². The molecule has 1 fully saturated rings. The Morgan fingerprint density at radius 3 is 2.67 bits per heavy atom. The van der Waals surface area contributed by atoms with Crippen molar-refractivity contribution in [2.75, 3.05) is 13.6 Å². The number of aliphatic hydroxyl groups is 1. The number of rotatable bonds is 4. The van der Waals surface area contributed by atoms with Gasteiger partial charge in [0.05, 0.1) is 23.4 Å². The predicted molar refractivity (Wildman–Crippen MR) is 94.9 cm³/mol. The van der Waals surface area contributed by atoms with Gasteiger partial charge in [-0.3, -0.25) is 4.68 Å². The van der Waals surface area contributed by atoms with Crippen LogP contribution in [0.4, 0.5) is 4.79 Å². The van der Waals surface area contributed by atoms with Gasteiger partial charge in [0.2, 0.25) is 0 Å². The van der Waals surface area contributed by atoms with E-state index < -0.39 is 0 Å². The zero-order valence-electron chi connectivity index (χ0n) is 15.8. The van der Waals surface area contributed by atoms with Crippen molar-refractivity contribution in [1.29, 1.82) is 0 Å². The Balaban J connectivity index is 1.97. The molecular weight excluding hydrogens is 304 g/mol. The fourth-order valence-corrected chi connectivity index (χ4v) is 3.28. The number of nitrogens with zero attached hydrogens (tertiary/aromatic N) is 3. The lowest BCUT2D eigenvalue weighted by molar-refractivity contribution is 0.113. The minimum Gasteiger partial charge on any atom is -0.393 e. The van der Waals surface area contributed by atoms with Crippen LogP contribution in [-0.4, -0.2) is 45.5 Å². The van der Waals surface area contributed by atoms with Crippen LogP contribution in [0.5, 0.6) is 0 Å². The summed E-state index contributed by atoms with van der Waals surface area (Å²) in [6.07, 6.45) is 4.63. The second-order valence-corrected chi connectivity index (χ2v) is 8.10. The van der Waals surface area contributed by atoms with Gasteiger partial charge in [0.25, 0.3) is 0 Å². The summed E-state index contributed by atoms with van der Waals surface area (Å²) in [7, 11) is 1.79.